The predicted molar refractivity (Wildman–Crippen MR) is 156 cm³/mol. The first-order valence-electron chi connectivity index (χ1n) is 14.2. The van der Waals surface area contributed by atoms with Crippen molar-refractivity contribution in [3.8, 4) is 0 Å². The molecule has 3 nitrogen and oxygen atoms in total. The van der Waals surface area contributed by atoms with E-state index in [1.165, 1.54) is 27.0 Å². The van der Waals surface area contributed by atoms with Crippen LogP contribution in [0.4, 0.5) is 0 Å². The van der Waals surface area contributed by atoms with Gasteiger partial charge in [-0.05, 0) is 109 Å². The molecule has 4 aliphatic rings. The Kier molecular flexibility index (Phi) is 5.83. The maximum Gasteiger partial charge on any atom is 0.156 e. The standard InChI is InChI=1S/C34H35NO2S/c1-20-35-30-17-22(7-15-31(30)38-20)4-3-21-5-8-23(9-6-21)28-19-34(2)29(14-16-32(34)37)27-12-10-24-18-25(36)11-13-26(24)33(27)28/h3-9,15,17-18,27-29,32,37H,10-14,16,19H2,1-2H3/b4-3+. The molecule has 4 aliphatic carbocycles. The van der Waals surface area contributed by atoms with Crippen molar-refractivity contribution in [3.63, 3.8) is 0 Å². The minimum absolute atomic E-state index is 0.0314. The first-order chi connectivity index (χ1) is 18.4. The molecular weight excluding hydrogens is 486 g/mol. The summed E-state index contributed by atoms with van der Waals surface area (Å²) in [5.74, 6) is 1.68. The van der Waals surface area contributed by atoms with Crippen molar-refractivity contribution >= 4 is 39.5 Å². The molecule has 2 saturated carbocycles. The number of carbonyl (C=O) groups excluding carboxylic acids is 1. The highest BCUT2D eigenvalue weighted by molar-refractivity contribution is 7.18. The topological polar surface area (TPSA) is 50.2 Å². The van der Waals surface area contributed by atoms with Crippen LogP contribution < -0.4 is 0 Å². The van der Waals surface area contributed by atoms with Crippen molar-refractivity contribution in [1.82, 2.24) is 4.98 Å². The summed E-state index contributed by atoms with van der Waals surface area (Å²) in [6.07, 6.45) is 12.8. The van der Waals surface area contributed by atoms with E-state index in [0.717, 1.165) is 54.6 Å². The van der Waals surface area contributed by atoms with Crippen LogP contribution in [0, 0.1) is 24.2 Å². The van der Waals surface area contributed by atoms with E-state index < -0.39 is 0 Å². The number of ketones is 1. The SMILES string of the molecule is Cc1nc2cc(/C=C/c3ccc(C4CC5(C)C(O)CCC5C5CCC6=CC(=O)CCC6=C45)cc3)ccc2s1. The average molecular weight is 522 g/mol. The van der Waals surface area contributed by atoms with Crippen LogP contribution in [0.3, 0.4) is 0 Å². The lowest BCUT2D eigenvalue weighted by Gasteiger charge is -2.52. The second kappa shape index (κ2) is 9.14. The lowest BCUT2D eigenvalue weighted by Crippen LogP contribution is -2.45. The van der Waals surface area contributed by atoms with Crippen LogP contribution in [0.1, 0.15) is 79.5 Å². The van der Waals surface area contributed by atoms with Crippen molar-refractivity contribution in [2.24, 2.45) is 17.3 Å². The molecule has 1 heterocycles. The molecule has 2 fully saturated rings. The molecule has 0 spiro atoms. The third-order valence-electron chi connectivity index (χ3n) is 10.0. The van der Waals surface area contributed by atoms with E-state index >= 15 is 0 Å². The Hall–Kier alpha value is -2.82. The predicted octanol–water partition coefficient (Wildman–Crippen LogP) is 8.04. The number of thiazole rings is 1. The summed E-state index contributed by atoms with van der Waals surface area (Å²) in [5.41, 5.74) is 9.11. The molecular formula is C34H35NO2S. The van der Waals surface area contributed by atoms with E-state index in [9.17, 15) is 9.90 Å². The van der Waals surface area contributed by atoms with E-state index in [4.69, 9.17) is 0 Å². The van der Waals surface area contributed by atoms with Crippen molar-refractivity contribution in [3.05, 3.63) is 87.0 Å². The Morgan fingerprint density at radius 1 is 1.00 bits per heavy atom. The highest BCUT2D eigenvalue weighted by atomic mass is 32.1. The molecule has 2 aromatic carbocycles. The van der Waals surface area contributed by atoms with Crippen molar-refractivity contribution < 1.29 is 9.90 Å². The van der Waals surface area contributed by atoms with Crippen LogP contribution in [0.15, 0.2) is 65.3 Å². The van der Waals surface area contributed by atoms with Crippen molar-refractivity contribution in [2.75, 3.05) is 0 Å². The average Bonchev–Trinajstić information content (AvgIpc) is 3.44. The van der Waals surface area contributed by atoms with Gasteiger partial charge in [0.05, 0.1) is 21.3 Å². The van der Waals surface area contributed by atoms with Crippen LogP contribution in [0.2, 0.25) is 0 Å². The van der Waals surface area contributed by atoms with E-state index in [1.807, 2.05) is 6.08 Å². The second-order valence-corrected chi connectivity index (χ2v) is 13.4. The van der Waals surface area contributed by atoms with Crippen LogP contribution in [0.5, 0.6) is 0 Å². The quantitative estimate of drug-likeness (QED) is 0.355. The van der Waals surface area contributed by atoms with E-state index in [1.54, 1.807) is 16.9 Å². The number of allylic oxidation sites excluding steroid dienone is 4. The van der Waals surface area contributed by atoms with Gasteiger partial charge in [-0.25, -0.2) is 4.98 Å². The highest BCUT2D eigenvalue weighted by Gasteiger charge is 2.56. The molecule has 1 aromatic heterocycles. The fraction of sp³-hybridized carbons (Fsp3) is 0.412. The van der Waals surface area contributed by atoms with Gasteiger partial charge in [0.15, 0.2) is 5.78 Å². The third kappa shape index (κ3) is 3.96. The number of aromatic nitrogens is 1. The molecule has 0 aliphatic heterocycles. The molecule has 194 valence electrons. The molecule has 0 radical (unpaired) electrons. The van der Waals surface area contributed by atoms with Gasteiger partial charge in [-0.15, -0.1) is 11.3 Å². The first-order valence-corrected chi connectivity index (χ1v) is 15.0. The number of fused-ring (bicyclic) bond motifs is 5. The van der Waals surface area contributed by atoms with Crippen LogP contribution in [-0.4, -0.2) is 22.0 Å². The fourth-order valence-electron chi connectivity index (χ4n) is 8.13. The molecule has 3 aromatic rings. The van der Waals surface area contributed by atoms with Crippen molar-refractivity contribution in [1.29, 1.82) is 0 Å². The number of aryl methyl sites for hydroxylation is 1. The first kappa shape index (κ1) is 24.2. The van der Waals surface area contributed by atoms with Gasteiger partial charge >= 0.3 is 0 Å². The smallest absolute Gasteiger partial charge is 0.156 e. The molecule has 38 heavy (non-hydrogen) atoms. The summed E-state index contributed by atoms with van der Waals surface area (Å²) >= 11 is 1.74. The molecule has 0 bridgehead atoms. The van der Waals surface area contributed by atoms with Crippen LogP contribution in [-0.2, 0) is 4.79 Å². The molecule has 0 amide bonds. The number of hydrogen-bond donors (Lipinski definition) is 1. The van der Waals surface area contributed by atoms with E-state index in [2.05, 4.69) is 73.4 Å². The normalized spacial score (nSPS) is 30.9. The number of benzene rings is 2. The van der Waals surface area contributed by atoms with Gasteiger partial charge in [0, 0.05) is 12.3 Å². The number of nitrogens with zero attached hydrogens (tertiary/aromatic N) is 1. The van der Waals surface area contributed by atoms with Crippen molar-refractivity contribution in [2.45, 2.75) is 70.8 Å². The number of hydrogen-bond acceptors (Lipinski definition) is 4. The summed E-state index contributed by atoms with van der Waals surface area (Å²) in [5, 5.41) is 12.2. The zero-order chi connectivity index (χ0) is 26.0. The molecule has 5 atom stereocenters. The van der Waals surface area contributed by atoms with Gasteiger partial charge < -0.3 is 5.11 Å². The zero-order valence-electron chi connectivity index (χ0n) is 22.2. The van der Waals surface area contributed by atoms with E-state index in [-0.39, 0.29) is 17.3 Å². The number of rotatable bonds is 3. The van der Waals surface area contributed by atoms with Crippen LogP contribution in [0.25, 0.3) is 22.4 Å². The van der Waals surface area contributed by atoms with Crippen LogP contribution >= 0.6 is 11.3 Å². The molecule has 5 unspecified atom stereocenters. The van der Waals surface area contributed by atoms with Gasteiger partial charge in [-0.1, -0.05) is 55.0 Å². The zero-order valence-corrected chi connectivity index (χ0v) is 23.1. The second-order valence-electron chi connectivity index (χ2n) is 12.1. The van der Waals surface area contributed by atoms with Gasteiger partial charge in [0.1, 0.15) is 0 Å². The Balaban J connectivity index is 1.22. The minimum atomic E-state index is -0.215. The maximum absolute atomic E-state index is 12.2. The number of aliphatic hydroxyl groups is 1. The van der Waals surface area contributed by atoms with Gasteiger partial charge in [0.25, 0.3) is 0 Å². The summed E-state index contributed by atoms with van der Waals surface area (Å²) in [7, 11) is 0. The number of aliphatic hydroxyl groups excluding tert-OH is 1. The summed E-state index contributed by atoms with van der Waals surface area (Å²) in [6.45, 7) is 4.40. The largest absolute Gasteiger partial charge is 0.393 e. The van der Waals surface area contributed by atoms with Gasteiger partial charge in [-0.2, -0.15) is 0 Å². The van der Waals surface area contributed by atoms with E-state index in [0.29, 0.717) is 24.2 Å². The Morgan fingerprint density at radius 3 is 2.63 bits per heavy atom. The summed E-state index contributed by atoms with van der Waals surface area (Å²) in [6, 6.07) is 15.6. The minimum Gasteiger partial charge on any atom is -0.393 e. The molecule has 4 heteroatoms. The Labute approximate surface area is 229 Å². The Morgan fingerprint density at radius 2 is 1.79 bits per heavy atom. The van der Waals surface area contributed by atoms with Gasteiger partial charge in [-0.3, -0.25) is 4.79 Å². The monoisotopic (exact) mass is 521 g/mol. The third-order valence-corrected chi connectivity index (χ3v) is 11.0. The maximum atomic E-state index is 12.2. The lowest BCUT2D eigenvalue weighted by atomic mass is 9.53. The lowest BCUT2D eigenvalue weighted by molar-refractivity contribution is -0.114. The van der Waals surface area contributed by atoms with Gasteiger partial charge in [0.2, 0.25) is 0 Å². The molecule has 7 rings (SSSR count). The summed E-state index contributed by atoms with van der Waals surface area (Å²) in [4.78, 5) is 16.9. The molecule has 0 saturated heterocycles. The fourth-order valence-corrected chi connectivity index (χ4v) is 8.93. The highest BCUT2D eigenvalue weighted by Crippen LogP contribution is 2.63. The molecule has 1 N–H and O–H groups in total. The Bertz CT molecular complexity index is 1520. The number of carbonyl (C=O) groups is 1. The summed E-state index contributed by atoms with van der Waals surface area (Å²) < 4.78 is 1.23.